The molecular formula is C23H16FNO3S. The predicted octanol–water partition coefficient (Wildman–Crippen LogP) is 5.85. The Morgan fingerprint density at radius 3 is 2.38 bits per heavy atom. The second kappa shape index (κ2) is 8.32. The number of thioether (sulfide) groups is 1. The molecule has 4 nitrogen and oxygen atoms in total. The number of amides is 2. The van der Waals surface area contributed by atoms with Crippen molar-refractivity contribution in [1.29, 1.82) is 0 Å². The summed E-state index contributed by atoms with van der Waals surface area (Å²) in [6, 6.07) is 22.4. The summed E-state index contributed by atoms with van der Waals surface area (Å²) in [6.07, 6.45) is 1.67. The minimum absolute atomic E-state index is 0.111. The van der Waals surface area contributed by atoms with Crippen LogP contribution in [0.3, 0.4) is 0 Å². The normalized spacial score (nSPS) is 15.2. The number of rotatable bonds is 5. The van der Waals surface area contributed by atoms with E-state index < -0.39 is 0 Å². The highest BCUT2D eigenvalue weighted by Crippen LogP contribution is 2.34. The first-order valence-electron chi connectivity index (χ1n) is 8.91. The van der Waals surface area contributed by atoms with Crippen molar-refractivity contribution >= 4 is 29.0 Å². The molecular weight excluding hydrogens is 389 g/mol. The van der Waals surface area contributed by atoms with Gasteiger partial charge in [-0.15, -0.1) is 0 Å². The number of hydrogen-bond acceptors (Lipinski definition) is 4. The molecule has 1 aliphatic heterocycles. The molecule has 3 aromatic rings. The molecule has 144 valence electrons. The summed E-state index contributed by atoms with van der Waals surface area (Å²) in [6.45, 7) is 0.111. The average molecular weight is 405 g/mol. The van der Waals surface area contributed by atoms with Crippen LogP contribution in [0, 0.1) is 5.82 Å². The maximum atomic E-state index is 13.1. The molecule has 0 aliphatic carbocycles. The van der Waals surface area contributed by atoms with Crippen LogP contribution in [0.4, 0.5) is 9.18 Å². The van der Waals surface area contributed by atoms with Gasteiger partial charge in [-0.05, 0) is 65.4 Å². The predicted molar refractivity (Wildman–Crippen MR) is 111 cm³/mol. The Balaban J connectivity index is 1.51. The first-order valence-corrected chi connectivity index (χ1v) is 9.73. The first kappa shape index (κ1) is 19.0. The molecule has 1 aliphatic rings. The summed E-state index contributed by atoms with van der Waals surface area (Å²) in [5.74, 6) is 0.624. The van der Waals surface area contributed by atoms with E-state index in [4.69, 9.17) is 4.74 Å². The Bertz CT molecular complexity index is 1080. The number of carbonyl (C=O) groups is 2. The van der Waals surface area contributed by atoms with Crippen molar-refractivity contribution < 1.29 is 18.7 Å². The van der Waals surface area contributed by atoms with E-state index in [-0.39, 0.29) is 23.5 Å². The molecule has 1 heterocycles. The van der Waals surface area contributed by atoms with Crippen LogP contribution in [-0.4, -0.2) is 16.0 Å². The highest BCUT2D eigenvalue weighted by Gasteiger charge is 2.34. The molecule has 0 unspecified atom stereocenters. The Hall–Kier alpha value is -3.38. The summed E-state index contributed by atoms with van der Waals surface area (Å²) in [5, 5.41) is -0.345. The van der Waals surface area contributed by atoms with Gasteiger partial charge in [0.2, 0.25) is 0 Å². The van der Waals surface area contributed by atoms with E-state index in [9.17, 15) is 14.0 Å². The van der Waals surface area contributed by atoms with Crippen molar-refractivity contribution in [3.05, 3.63) is 101 Å². The molecule has 1 saturated heterocycles. The van der Waals surface area contributed by atoms with Crippen LogP contribution in [0.25, 0.3) is 6.08 Å². The summed E-state index contributed by atoms with van der Waals surface area (Å²) in [7, 11) is 0. The third kappa shape index (κ3) is 4.55. The zero-order chi connectivity index (χ0) is 20.2. The molecule has 0 saturated carbocycles. The number of para-hydroxylation sites is 1. The highest BCUT2D eigenvalue weighted by atomic mass is 32.2. The summed E-state index contributed by atoms with van der Waals surface area (Å²) in [4.78, 5) is 26.5. The number of halogens is 1. The largest absolute Gasteiger partial charge is 0.457 e. The van der Waals surface area contributed by atoms with Gasteiger partial charge in [0.05, 0.1) is 11.4 Å². The van der Waals surface area contributed by atoms with E-state index in [1.807, 2.05) is 48.5 Å². The van der Waals surface area contributed by atoms with Crippen LogP contribution in [0.5, 0.6) is 11.5 Å². The van der Waals surface area contributed by atoms with Crippen molar-refractivity contribution in [2.75, 3.05) is 0 Å². The van der Waals surface area contributed by atoms with Crippen LogP contribution >= 0.6 is 11.8 Å². The van der Waals surface area contributed by atoms with Crippen LogP contribution in [0.2, 0.25) is 0 Å². The summed E-state index contributed by atoms with van der Waals surface area (Å²) < 4.78 is 18.9. The number of hydrogen-bond donors (Lipinski definition) is 0. The van der Waals surface area contributed by atoms with Gasteiger partial charge >= 0.3 is 0 Å². The van der Waals surface area contributed by atoms with Gasteiger partial charge in [-0.25, -0.2) is 4.39 Å². The monoisotopic (exact) mass is 405 g/mol. The lowest BCUT2D eigenvalue weighted by atomic mass is 10.2. The second-order valence-electron chi connectivity index (χ2n) is 6.38. The lowest BCUT2D eigenvalue weighted by Gasteiger charge is -2.12. The van der Waals surface area contributed by atoms with Crippen molar-refractivity contribution in [3.63, 3.8) is 0 Å². The standard InChI is InChI=1S/C23H16FNO3S/c24-18-11-9-16(10-12-18)15-25-22(26)21(29-23(25)27)14-17-5-4-8-20(13-17)28-19-6-2-1-3-7-19/h1-14H,15H2/b21-14-. The van der Waals surface area contributed by atoms with Gasteiger partial charge in [0.25, 0.3) is 11.1 Å². The topological polar surface area (TPSA) is 46.6 Å². The van der Waals surface area contributed by atoms with Gasteiger partial charge in [0.1, 0.15) is 17.3 Å². The quantitative estimate of drug-likeness (QED) is 0.499. The summed E-state index contributed by atoms with van der Waals surface area (Å²) in [5.41, 5.74) is 1.44. The molecule has 0 bridgehead atoms. The van der Waals surface area contributed by atoms with Gasteiger partial charge in [0.15, 0.2) is 0 Å². The fourth-order valence-electron chi connectivity index (χ4n) is 2.85. The van der Waals surface area contributed by atoms with E-state index in [1.165, 1.54) is 12.1 Å². The van der Waals surface area contributed by atoms with Crippen molar-refractivity contribution in [2.24, 2.45) is 0 Å². The third-order valence-electron chi connectivity index (χ3n) is 4.26. The Labute approximate surface area is 171 Å². The van der Waals surface area contributed by atoms with Gasteiger partial charge in [-0.1, -0.05) is 42.5 Å². The van der Waals surface area contributed by atoms with Crippen LogP contribution in [0.1, 0.15) is 11.1 Å². The molecule has 2 amide bonds. The van der Waals surface area contributed by atoms with Gasteiger partial charge < -0.3 is 4.74 Å². The minimum atomic E-state index is -0.362. The molecule has 0 aromatic heterocycles. The van der Waals surface area contributed by atoms with Gasteiger partial charge in [-0.2, -0.15) is 0 Å². The second-order valence-corrected chi connectivity index (χ2v) is 7.38. The van der Waals surface area contributed by atoms with E-state index in [0.29, 0.717) is 22.0 Å². The van der Waals surface area contributed by atoms with E-state index in [1.54, 1.807) is 24.3 Å². The number of ether oxygens (including phenoxy) is 1. The zero-order valence-electron chi connectivity index (χ0n) is 15.2. The van der Waals surface area contributed by atoms with Crippen LogP contribution in [0.15, 0.2) is 83.8 Å². The smallest absolute Gasteiger partial charge is 0.293 e. The van der Waals surface area contributed by atoms with Crippen molar-refractivity contribution in [1.82, 2.24) is 4.90 Å². The molecule has 4 rings (SSSR count). The maximum absolute atomic E-state index is 13.1. The molecule has 0 radical (unpaired) electrons. The molecule has 0 N–H and O–H groups in total. The SMILES string of the molecule is O=C1S/C(=C\c2cccc(Oc3ccccc3)c2)C(=O)N1Cc1ccc(F)cc1. The lowest BCUT2D eigenvalue weighted by molar-refractivity contribution is -0.123. The Morgan fingerprint density at radius 2 is 1.62 bits per heavy atom. The fraction of sp³-hybridized carbons (Fsp3) is 0.0435. The third-order valence-corrected chi connectivity index (χ3v) is 5.17. The van der Waals surface area contributed by atoms with Crippen LogP contribution < -0.4 is 4.74 Å². The van der Waals surface area contributed by atoms with E-state index in [2.05, 4.69) is 0 Å². The Morgan fingerprint density at radius 1 is 0.897 bits per heavy atom. The molecule has 1 fully saturated rings. The molecule has 0 atom stereocenters. The molecule has 0 spiro atoms. The molecule has 3 aromatic carbocycles. The van der Waals surface area contributed by atoms with Gasteiger partial charge in [-0.3, -0.25) is 14.5 Å². The number of imide groups is 1. The van der Waals surface area contributed by atoms with Crippen molar-refractivity contribution in [3.8, 4) is 11.5 Å². The van der Waals surface area contributed by atoms with E-state index in [0.717, 1.165) is 22.2 Å². The van der Waals surface area contributed by atoms with E-state index >= 15 is 0 Å². The molecule has 6 heteroatoms. The average Bonchev–Trinajstić information content (AvgIpc) is 2.98. The minimum Gasteiger partial charge on any atom is -0.457 e. The van der Waals surface area contributed by atoms with Crippen molar-refractivity contribution in [2.45, 2.75) is 6.54 Å². The zero-order valence-corrected chi connectivity index (χ0v) is 16.1. The number of carbonyl (C=O) groups excluding carboxylic acids is 2. The Kier molecular flexibility index (Phi) is 5.44. The fourth-order valence-corrected chi connectivity index (χ4v) is 3.69. The van der Waals surface area contributed by atoms with Gasteiger partial charge in [0, 0.05) is 0 Å². The lowest BCUT2D eigenvalue weighted by Crippen LogP contribution is -2.27. The van der Waals surface area contributed by atoms with Crippen LogP contribution in [-0.2, 0) is 11.3 Å². The first-order chi connectivity index (χ1) is 14.1. The number of benzene rings is 3. The number of nitrogens with zero attached hydrogens (tertiary/aromatic N) is 1. The maximum Gasteiger partial charge on any atom is 0.293 e. The summed E-state index contributed by atoms with van der Waals surface area (Å²) >= 11 is 0.893. The highest BCUT2D eigenvalue weighted by molar-refractivity contribution is 8.18. The molecule has 29 heavy (non-hydrogen) atoms.